The van der Waals surface area contributed by atoms with E-state index in [1.807, 2.05) is 6.92 Å². The van der Waals surface area contributed by atoms with Crippen molar-refractivity contribution in [2.45, 2.75) is 20.0 Å². The van der Waals surface area contributed by atoms with Gasteiger partial charge in [0.1, 0.15) is 22.8 Å². The summed E-state index contributed by atoms with van der Waals surface area (Å²) >= 11 is 0. The highest BCUT2D eigenvalue weighted by atomic mass is 16.5. The number of esters is 1. The van der Waals surface area contributed by atoms with Gasteiger partial charge < -0.3 is 19.3 Å². The summed E-state index contributed by atoms with van der Waals surface area (Å²) < 4.78 is 15.4. The molecule has 25 heavy (non-hydrogen) atoms. The van der Waals surface area contributed by atoms with Gasteiger partial charge in [0.15, 0.2) is 6.10 Å². The first-order valence-electron chi connectivity index (χ1n) is 7.81. The fourth-order valence-corrected chi connectivity index (χ4v) is 2.21. The van der Waals surface area contributed by atoms with Gasteiger partial charge in [-0.15, -0.1) is 0 Å². The zero-order valence-corrected chi connectivity index (χ0v) is 14.3. The number of benzene rings is 2. The fourth-order valence-electron chi connectivity index (χ4n) is 2.21. The third-order valence-electron chi connectivity index (χ3n) is 3.53. The molecule has 0 fully saturated rings. The molecular formula is C19H20O6. The van der Waals surface area contributed by atoms with E-state index in [0.717, 1.165) is 0 Å². The highest BCUT2D eigenvalue weighted by molar-refractivity contribution is 6.02. The van der Waals surface area contributed by atoms with Gasteiger partial charge >= 0.3 is 5.97 Å². The van der Waals surface area contributed by atoms with Gasteiger partial charge in [0.05, 0.1) is 13.7 Å². The number of methoxy groups -OCH3 is 1. The van der Waals surface area contributed by atoms with Crippen LogP contribution in [0.1, 0.15) is 34.6 Å². The summed E-state index contributed by atoms with van der Waals surface area (Å²) in [6, 6.07) is 10.8. The maximum Gasteiger partial charge on any atom is 0.342 e. The molecule has 0 saturated carbocycles. The van der Waals surface area contributed by atoms with Gasteiger partial charge in [-0.1, -0.05) is 0 Å². The summed E-state index contributed by atoms with van der Waals surface area (Å²) in [5.74, 6) is -0.333. The Kier molecular flexibility index (Phi) is 6.00. The second-order valence-electron chi connectivity index (χ2n) is 5.25. The maximum atomic E-state index is 12.4. The summed E-state index contributed by atoms with van der Waals surface area (Å²) in [5.41, 5.74) is 0.370. The molecule has 0 spiro atoms. The third kappa shape index (κ3) is 4.50. The number of carbonyl (C=O) groups is 2. The van der Waals surface area contributed by atoms with Crippen molar-refractivity contribution >= 4 is 11.8 Å². The van der Waals surface area contributed by atoms with Gasteiger partial charge in [0.25, 0.3) is 0 Å². The molecule has 1 N–H and O–H groups in total. The molecule has 2 aromatic rings. The number of phenols is 1. The lowest BCUT2D eigenvalue weighted by molar-refractivity contribution is 0.0316. The molecule has 132 valence electrons. The zero-order chi connectivity index (χ0) is 18.4. The van der Waals surface area contributed by atoms with Crippen LogP contribution in [0.4, 0.5) is 0 Å². The second kappa shape index (κ2) is 8.19. The molecule has 0 amide bonds. The highest BCUT2D eigenvalue weighted by Crippen LogP contribution is 2.24. The van der Waals surface area contributed by atoms with Crippen LogP contribution in [0.2, 0.25) is 0 Å². The van der Waals surface area contributed by atoms with E-state index in [1.54, 1.807) is 24.3 Å². The zero-order valence-electron chi connectivity index (χ0n) is 14.3. The van der Waals surface area contributed by atoms with E-state index in [1.165, 1.54) is 32.2 Å². The lowest BCUT2D eigenvalue weighted by Gasteiger charge is -2.13. The lowest BCUT2D eigenvalue weighted by atomic mass is 10.1. The first-order valence-corrected chi connectivity index (χ1v) is 7.81. The summed E-state index contributed by atoms with van der Waals surface area (Å²) in [7, 11) is 1.45. The molecule has 2 rings (SSSR count). The predicted octanol–water partition coefficient (Wildman–Crippen LogP) is 3.23. The topological polar surface area (TPSA) is 82.1 Å². The molecule has 2 aromatic carbocycles. The van der Waals surface area contributed by atoms with Crippen LogP contribution in [0, 0.1) is 0 Å². The quantitative estimate of drug-likeness (QED) is 0.613. The van der Waals surface area contributed by atoms with Crippen molar-refractivity contribution in [2.75, 3.05) is 13.7 Å². The molecular weight excluding hydrogens is 324 g/mol. The van der Waals surface area contributed by atoms with Crippen molar-refractivity contribution in [3.8, 4) is 17.2 Å². The van der Waals surface area contributed by atoms with Crippen LogP contribution in [0.25, 0.3) is 0 Å². The highest BCUT2D eigenvalue weighted by Gasteiger charge is 2.22. The summed E-state index contributed by atoms with van der Waals surface area (Å²) in [6.07, 6.45) is -0.994. The van der Waals surface area contributed by atoms with Gasteiger partial charge in [-0.2, -0.15) is 0 Å². The molecule has 6 heteroatoms. The lowest BCUT2D eigenvalue weighted by Crippen LogP contribution is -2.24. The third-order valence-corrected chi connectivity index (χ3v) is 3.53. The number of hydrogen-bond acceptors (Lipinski definition) is 6. The number of Topliss-reactive ketones (excluding diaryl/α,β-unsaturated/α-hetero) is 1. The summed E-state index contributed by atoms with van der Waals surface area (Å²) in [4.78, 5) is 24.5. The van der Waals surface area contributed by atoms with E-state index in [-0.39, 0.29) is 17.1 Å². The molecule has 6 nitrogen and oxygen atoms in total. The Bertz CT molecular complexity index is 751. The van der Waals surface area contributed by atoms with Gasteiger partial charge in [-0.25, -0.2) is 4.79 Å². The molecule has 0 aliphatic heterocycles. The molecule has 0 aliphatic rings. The number of hydrogen-bond donors (Lipinski definition) is 1. The minimum atomic E-state index is -0.994. The Hall–Kier alpha value is -3.02. The Morgan fingerprint density at radius 2 is 1.72 bits per heavy atom. The van der Waals surface area contributed by atoms with Crippen molar-refractivity contribution in [3.05, 3.63) is 53.6 Å². The molecule has 0 unspecified atom stereocenters. The van der Waals surface area contributed by atoms with Crippen LogP contribution in [0.5, 0.6) is 17.2 Å². The van der Waals surface area contributed by atoms with Gasteiger partial charge in [-0.3, -0.25) is 4.79 Å². The SMILES string of the molecule is CCOc1ccc(C(=O)[C@H](C)OC(=O)c2ccc(OC)cc2O)cc1. The first-order chi connectivity index (χ1) is 12.0. The Morgan fingerprint density at radius 1 is 1.08 bits per heavy atom. The standard InChI is InChI=1S/C19H20O6/c1-4-24-14-7-5-13(6-8-14)18(21)12(2)25-19(22)16-10-9-15(23-3)11-17(16)20/h5-12,20H,4H2,1-3H3/t12-/m0/s1. The van der Waals surface area contributed by atoms with Gasteiger partial charge in [-0.05, 0) is 50.2 Å². The molecule has 0 aliphatic carbocycles. The van der Waals surface area contributed by atoms with E-state index in [9.17, 15) is 14.7 Å². The average Bonchev–Trinajstić information content (AvgIpc) is 2.61. The van der Waals surface area contributed by atoms with Crippen molar-refractivity contribution in [1.82, 2.24) is 0 Å². The molecule has 1 atom stereocenters. The van der Waals surface area contributed by atoms with Gasteiger partial charge in [0.2, 0.25) is 5.78 Å². The van der Waals surface area contributed by atoms with Crippen LogP contribution < -0.4 is 9.47 Å². The number of rotatable bonds is 7. The van der Waals surface area contributed by atoms with Crippen LogP contribution in [-0.4, -0.2) is 36.7 Å². The minimum absolute atomic E-state index is 0.0351. The fraction of sp³-hybridized carbons (Fsp3) is 0.263. The Balaban J connectivity index is 2.06. The van der Waals surface area contributed by atoms with E-state index >= 15 is 0 Å². The van der Waals surface area contributed by atoms with Crippen molar-refractivity contribution in [3.63, 3.8) is 0 Å². The normalized spacial score (nSPS) is 11.5. The summed E-state index contributed by atoms with van der Waals surface area (Å²) in [6.45, 7) is 3.89. The second-order valence-corrected chi connectivity index (χ2v) is 5.25. The monoisotopic (exact) mass is 344 g/mol. The molecule has 0 heterocycles. The number of ketones is 1. The Labute approximate surface area is 146 Å². The van der Waals surface area contributed by atoms with Gasteiger partial charge in [0, 0.05) is 11.6 Å². The minimum Gasteiger partial charge on any atom is -0.507 e. The Morgan fingerprint density at radius 3 is 2.28 bits per heavy atom. The predicted molar refractivity (Wildman–Crippen MR) is 91.5 cm³/mol. The molecule has 0 saturated heterocycles. The smallest absolute Gasteiger partial charge is 0.342 e. The van der Waals surface area contributed by atoms with Crippen LogP contribution in [0.3, 0.4) is 0 Å². The van der Waals surface area contributed by atoms with E-state index in [0.29, 0.717) is 23.7 Å². The number of carbonyl (C=O) groups excluding carboxylic acids is 2. The van der Waals surface area contributed by atoms with Crippen molar-refractivity contribution in [2.24, 2.45) is 0 Å². The van der Waals surface area contributed by atoms with Crippen molar-refractivity contribution in [1.29, 1.82) is 0 Å². The molecule has 0 bridgehead atoms. The van der Waals surface area contributed by atoms with E-state index in [4.69, 9.17) is 14.2 Å². The van der Waals surface area contributed by atoms with Crippen LogP contribution in [-0.2, 0) is 4.74 Å². The maximum absolute atomic E-state index is 12.4. The van der Waals surface area contributed by atoms with E-state index < -0.39 is 12.1 Å². The summed E-state index contributed by atoms with van der Waals surface area (Å²) in [5, 5.41) is 9.86. The average molecular weight is 344 g/mol. The van der Waals surface area contributed by atoms with E-state index in [2.05, 4.69) is 0 Å². The molecule has 0 aromatic heterocycles. The van der Waals surface area contributed by atoms with Crippen LogP contribution >= 0.6 is 0 Å². The number of ether oxygens (including phenoxy) is 3. The largest absolute Gasteiger partial charge is 0.507 e. The van der Waals surface area contributed by atoms with Crippen molar-refractivity contribution < 1.29 is 28.9 Å². The first kappa shape index (κ1) is 18.3. The number of phenolic OH excluding ortho intramolecular Hbond substituents is 1. The molecule has 0 radical (unpaired) electrons. The van der Waals surface area contributed by atoms with Crippen LogP contribution in [0.15, 0.2) is 42.5 Å². The number of aromatic hydroxyl groups is 1.